The number of allylic oxidation sites excluding steroid dienone is 2. The van der Waals surface area contributed by atoms with Crippen LogP contribution in [0.4, 0.5) is 0 Å². The van der Waals surface area contributed by atoms with Crippen molar-refractivity contribution >= 4 is 23.7 Å². The number of ketones is 2. The number of benzene rings is 2. The van der Waals surface area contributed by atoms with Gasteiger partial charge in [0.1, 0.15) is 0 Å². The number of methoxy groups -OCH3 is 2. The van der Waals surface area contributed by atoms with Gasteiger partial charge in [0, 0.05) is 0 Å². The van der Waals surface area contributed by atoms with E-state index in [2.05, 4.69) is 0 Å². The molecule has 0 unspecified atom stereocenters. The highest BCUT2D eigenvalue weighted by Gasteiger charge is 2.21. The highest BCUT2D eigenvalue weighted by atomic mass is 16.5. The molecule has 6 nitrogen and oxygen atoms in total. The summed E-state index contributed by atoms with van der Waals surface area (Å²) in [4.78, 5) is 25.3. The second-order valence-corrected chi connectivity index (χ2v) is 6.68. The first kappa shape index (κ1) is 22.7. The van der Waals surface area contributed by atoms with Gasteiger partial charge in [0.05, 0.1) is 20.1 Å². The van der Waals surface area contributed by atoms with Gasteiger partial charge in [0.25, 0.3) is 0 Å². The van der Waals surface area contributed by atoms with Crippen LogP contribution in [0.1, 0.15) is 30.9 Å². The van der Waals surface area contributed by atoms with Gasteiger partial charge in [0.15, 0.2) is 34.6 Å². The fraction of sp³-hybridized carbons (Fsp3) is 0.250. The minimum atomic E-state index is -0.777. The van der Waals surface area contributed by atoms with E-state index in [0.717, 1.165) is 0 Å². The van der Waals surface area contributed by atoms with Gasteiger partial charge in [-0.2, -0.15) is 0 Å². The molecule has 2 N–H and O–H groups in total. The maximum atomic E-state index is 12.7. The Labute approximate surface area is 176 Å². The molecule has 2 aromatic rings. The zero-order chi connectivity index (χ0) is 22.1. The Morgan fingerprint density at radius 3 is 1.67 bits per heavy atom. The van der Waals surface area contributed by atoms with Crippen LogP contribution in [0.25, 0.3) is 12.2 Å². The van der Waals surface area contributed by atoms with E-state index >= 15 is 0 Å². The predicted octanol–water partition coefficient (Wildman–Crippen LogP) is 4.40. The van der Waals surface area contributed by atoms with Crippen LogP contribution in [-0.2, 0) is 9.59 Å². The normalized spacial score (nSPS) is 11.3. The quantitative estimate of drug-likeness (QED) is 0.446. The summed E-state index contributed by atoms with van der Waals surface area (Å²) >= 11 is 0. The van der Waals surface area contributed by atoms with E-state index in [9.17, 15) is 19.8 Å². The molecule has 0 radical (unpaired) electrons. The summed E-state index contributed by atoms with van der Waals surface area (Å²) in [7, 11) is 2.89. The van der Waals surface area contributed by atoms with Crippen molar-refractivity contribution in [3.63, 3.8) is 0 Å². The van der Waals surface area contributed by atoms with Crippen LogP contribution in [-0.4, -0.2) is 36.0 Å². The molecule has 6 heteroatoms. The van der Waals surface area contributed by atoms with E-state index in [1.165, 1.54) is 38.5 Å². The molecular formula is C24H26O6. The van der Waals surface area contributed by atoms with Crippen LogP contribution in [0.15, 0.2) is 48.6 Å². The van der Waals surface area contributed by atoms with Crippen molar-refractivity contribution in [2.24, 2.45) is 5.92 Å². The van der Waals surface area contributed by atoms with Crippen molar-refractivity contribution in [2.75, 3.05) is 14.2 Å². The zero-order valence-electron chi connectivity index (χ0n) is 17.3. The molecule has 0 spiro atoms. The van der Waals surface area contributed by atoms with Crippen LogP contribution in [0.5, 0.6) is 23.0 Å². The molecule has 0 aliphatic rings. The first-order valence-electron chi connectivity index (χ1n) is 9.57. The number of hydrogen-bond acceptors (Lipinski definition) is 6. The molecule has 0 aliphatic heterocycles. The van der Waals surface area contributed by atoms with Crippen molar-refractivity contribution in [1.82, 2.24) is 0 Å². The Kier molecular flexibility index (Phi) is 8.23. The number of hydrogen-bond donors (Lipinski definition) is 2. The summed E-state index contributed by atoms with van der Waals surface area (Å²) in [6, 6.07) is 9.47. The van der Waals surface area contributed by atoms with Gasteiger partial charge < -0.3 is 19.7 Å². The highest BCUT2D eigenvalue weighted by Crippen LogP contribution is 2.28. The second kappa shape index (κ2) is 10.9. The first-order valence-corrected chi connectivity index (χ1v) is 9.57. The van der Waals surface area contributed by atoms with Gasteiger partial charge in [0.2, 0.25) is 0 Å². The molecule has 0 fully saturated rings. The van der Waals surface area contributed by atoms with E-state index in [1.807, 2.05) is 6.92 Å². The monoisotopic (exact) mass is 410 g/mol. The van der Waals surface area contributed by atoms with Gasteiger partial charge in [-0.05, 0) is 54.0 Å². The summed E-state index contributed by atoms with van der Waals surface area (Å²) in [5.41, 5.74) is 1.35. The Morgan fingerprint density at radius 1 is 0.867 bits per heavy atom. The number of ether oxygens (including phenoxy) is 2. The van der Waals surface area contributed by atoms with E-state index in [4.69, 9.17) is 9.47 Å². The maximum Gasteiger partial charge on any atom is 0.166 e. The van der Waals surface area contributed by atoms with Crippen LogP contribution in [0, 0.1) is 5.92 Å². The number of phenols is 2. The van der Waals surface area contributed by atoms with E-state index in [0.29, 0.717) is 35.5 Å². The molecule has 0 atom stereocenters. The van der Waals surface area contributed by atoms with Gasteiger partial charge in [-0.3, -0.25) is 9.59 Å². The van der Waals surface area contributed by atoms with Gasteiger partial charge in [-0.1, -0.05) is 37.6 Å². The summed E-state index contributed by atoms with van der Waals surface area (Å²) in [6.45, 7) is 1.91. The molecular weight excluding hydrogens is 384 g/mol. The van der Waals surface area contributed by atoms with Gasteiger partial charge in [-0.15, -0.1) is 0 Å². The second-order valence-electron chi connectivity index (χ2n) is 6.68. The third-order valence-corrected chi connectivity index (χ3v) is 4.55. The minimum absolute atomic E-state index is 0.0102. The van der Waals surface area contributed by atoms with E-state index in [1.54, 1.807) is 36.4 Å². The predicted molar refractivity (Wildman–Crippen MR) is 116 cm³/mol. The molecule has 30 heavy (non-hydrogen) atoms. The van der Waals surface area contributed by atoms with Crippen molar-refractivity contribution in [1.29, 1.82) is 0 Å². The minimum Gasteiger partial charge on any atom is -0.504 e. The van der Waals surface area contributed by atoms with Crippen LogP contribution >= 0.6 is 0 Å². The lowest BCUT2D eigenvalue weighted by Crippen LogP contribution is -2.20. The number of carbonyl (C=O) groups is 2. The lowest BCUT2D eigenvalue weighted by molar-refractivity contribution is -0.127. The molecule has 0 aromatic heterocycles. The fourth-order valence-electron chi connectivity index (χ4n) is 2.90. The summed E-state index contributed by atoms with van der Waals surface area (Å²) < 4.78 is 10.1. The van der Waals surface area contributed by atoms with Crippen LogP contribution in [0.3, 0.4) is 0 Å². The molecule has 0 heterocycles. The number of carbonyl (C=O) groups excluding carboxylic acids is 2. The highest BCUT2D eigenvalue weighted by molar-refractivity contribution is 6.13. The lowest BCUT2D eigenvalue weighted by atomic mass is 9.92. The molecule has 0 amide bonds. The summed E-state index contributed by atoms with van der Waals surface area (Å²) in [5.74, 6) is -0.729. The third kappa shape index (κ3) is 5.98. The van der Waals surface area contributed by atoms with E-state index < -0.39 is 5.92 Å². The SMILES string of the molecule is CCCC(C(=O)/C=C/c1ccc(O)c(OC)c1)C(=O)/C=C/c1ccc(O)c(OC)c1. The Balaban J connectivity index is 2.15. The summed E-state index contributed by atoms with van der Waals surface area (Å²) in [5, 5.41) is 19.3. The lowest BCUT2D eigenvalue weighted by Gasteiger charge is -2.09. The van der Waals surface area contributed by atoms with Gasteiger partial charge >= 0.3 is 0 Å². The van der Waals surface area contributed by atoms with Crippen LogP contribution in [0.2, 0.25) is 0 Å². The van der Waals surface area contributed by atoms with Crippen molar-refractivity contribution in [2.45, 2.75) is 19.8 Å². The average molecular weight is 410 g/mol. The molecule has 158 valence electrons. The number of phenolic OH excluding ortho intramolecular Hbond substituents is 2. The van der Waals surface area contributed by atoms with Crippen molar-refractivity contribution in [3.8, 4) is 23.0 Å². The maximum absolute atomic E-state index is 12.7. The molecule has 2 aromatic carbocycles. The molecule has 0 saturated heterocycles. The topological polar surface area (TPSA) is 93.1 Å². The molecule has 0 saturated carbocycles. The smallest absolute Gasteiger partial charge is 0.166 e. The Bertz CT molecular complexity index is 883. The third-order valence-electron chi connectivity index (χ3n) is 4.55. The standard InChI is InChI=1S/C24H26O6/c1-4-5-18(19(25)10-6-16-8-12-21(27)23(14-16)29-2)20(26)11-7-17-9-13-22(28)24(15-17)30-3/h6-15,18,27-28H,4-5H2,1-3H3/b10-6+,11-7+. The average Bonchev–Trinajstić information content (AvgIpc) is 2.75. The fourth-order valence-corrected chi connectivity index (χ4v) is 2.90. The molecule has 2 rings (SSSR count). The zero-order valence-corrected chi connectivity index (χ0v) is 17.3. The van der Waals surface area contributed by atoms with Crippen molar-refractivity contribution < 1.29 is 29.3 Å². The Morgan fingerprint density at radius 2 is 1.30 bits per heavy atom. The number of rotatable bonds is 10. The molecule has 0 aliphatic carbocycles. The summed E-state index contributed by atoms with van der Waals surface area (Å²) in [6.07, 6.45) is 7.06. The van der Waals surface area contributed by atoms with Gasteiger partial charge in [-0.25, -0.2) is 0 Å². The Hall–Kier alpha value is -3.54. The molecule has 0 bridgehead atoms. The van der Waals surface area contributed by atoms with Crippen molar-refractivity contribution in [3.05, 3.63) is 59.7 Å². The first-order chi connectivity index (χ1) is 14.4. The number of aromatic hydroxyl groups is 2. The van der Waals surface area contributed by atoms with E-state index in [-0.39, 0.29) is 23.1 Å². The largest absolute Gasteiger partial charge is 0.504 e. The van der Waals surface area contributed by atoms with Crippen LogP contribution < -0.4 is 9.47 Å².